The van der Waals surface area contributed by atoms with Gasteiger partial charge in [-0.05, 0) is 76.3 Å². The molecule has 0 bridgehead atoms. The normalized spacial score (nSPS) is 17.6. The van der Waals surface area contributed by atoms with Crippen LogP contribution in [0, 0.1) is 0 Å². The van der Waals surface area contributed by atoms with Crippen molar-refractivity contribution in [3.63, 3.8) is 0 Å². The zero-order chi connectivity index (χ0) is 15.8. The van der Waals surface area contributed by atoms with Gasteiger partial charge in [0.1, 0.15) is 0 Å². The van der Waals surface area contributed by atoms with Crippen molar-refractivity contribution >= 4 is 21.5 Å². The van der Waals surface area contributed by atoms with Crippen molar-refractivity contribution in [3.8, 4) is 0 Å². The topological polar surface area (TPSA) is 20.2 Å². The molecule has 0 aliphatic heterocycles. The van der Waals surface area contributed by atoms with E-state index in [-0.39, 0.29) is 6.61 Å². The minimum atomic E-state index is 0.260. The third-order valence-corrected chi connectivity index (χ3v) is 5.47. The Morgan fingerprint density at radius 3 is 2.61 bits per heavy atom. The smallest absolute Gasteiger partial charge is 0.0434 e. The Bertz CT molecular complexity index is 863. The molecular formula is C22H24O. The molecule has 23 heavy (non-hydrogen) atoms. The van der Waals surface area contributed by atoms with Crippen LogP contribution in [0.2, 0.25) is 0 Å². The van der Waals surface area contributed by atoms with Crippen molar-refractivity contribution in [2.75, 3.05) is 6.61 Å². The maximum absolute atomic E-state index is 9.24. The van der Waals surface area contributed by atoms with Gasteiger partial charge in [-0.15, -0.1) is 0 Å². The van der Waals surface area contributed by atoms with Crippen LogP contribution in [0.15, 0.2) is 42.5 Å². The zero-order valence-electron chi connectivity index (χ0n) is 13.8. The van der Waals surface area contributed by atoms with Gasteiger partial charge in [0.25, 0.3) is 0 Å². The Morgan fingerprint density at radius 1 is 1.00 bits per heavy atom. The lowest BCUT2D eigenvalue weighted by Crippen LogP contribution is -2.07. The van der Waals surface area contributed by atoms with Crippen molar-refractivity contribution in [1.29, 1.82) is 0 Å². The monoisotopic (exact) mass is 304 g/mol. The van der Waals surface area contributed by atoms with E-state index in [1.54, 1.807) is 11.1 Å². The Labute approximate surface area is 138 Å². The van der Waals surface area contributed by atoms with E-state index >= 15 is 0 Å². The van der Waals surface area contributed by atoms with Gasteiger partial charge in [-0.25, -0.2) is 0 Å². The number of aliphatic hydroxyl groups is 1. The average Bonchev–Trinajstić information content (AvgIpc) is 2.60. The van der Waals surface area contributed by atoms with E-state index in [4.69, 9.17) is 0 Å². The largest absolute Gasteiger partial charge is 0.396 e. The van der Waals surface area contributed by atoms with Crippen LogP contribution < -0.4 is 0 Å². The molecule has 0 radical (unpaired) electrons. The molecular weight excluding hydrogens is 280 g/mol. The summed E-state index contributed by atoms with van der Waals surface area (Å²) >= 11 is 0. The van der Waals surface area contributed by atoms with Crippen molar-refractivity contribution < 1.29 is 5.11 Å². The standard InChI is InChI=1S/C22H24O/c1-15-6-4-10-19-17(15)11-12-21-20-9-3-2-8-18(20)16(7-5-13-23)14-22(19)21/h2-3,8-9,11-12,14-15,23H,4-7,10,13H2,1H3. The third kappa shape index (κ3) is 2.44. The molecule has 1 aliphatic carbocycles. The van der Waals surface area contributed by atoms with Gasteiger partial charge in [-0.2, -0.15) is 0 Å². The van der Waals surface area contributed by atoms with Crippen LogP contribution in [-0.2, 0) is 12.8 Å². The van der Waals surface area contributed by atoms with E-state index in [0.29, 0.717) is 5.92 Å². The van der Waals surface area contributed by atoms with E-state index in [0.717, 1.165) is 12.8 Å². The molecule has 1 heteroatoms. The number of aliphatic hydroxyl groups excluding tert-OH is 1. The Kier molecular flexibility index (Phi) is 3.82. The van der Waals surface area contributed by atoms with E-state index in [2.05, 4.69) is 49.4 Å². The van der Waals surface area contributed by atoms with Crippen LogP contribution in [0.25, 0.3) is 21.5 Å². The number of aryl methyl sites for hydroxylation is 2. The van der Waals surface area contributed by atoms with Gasteiger partial charge in [0.2, 0.25) is 0 Å². The number of fused-ring (bicyclic) bond motifs is 5. The first-order valence-corrected chi connectivity index (χ1v) is 8.86. The van der Waals surface area contributed by atoms with Gasteiger partial charge in [-0.1, -0.05) is 49.4 Å². The van der Waals surface area contributed by atoms with Crippen LogP contribution in [0.3, 0.4) is 0 Å². The minimum absolute atomic E-state index is 0.260. The van der Waals surface area contributed by atoms with Gasteiger partial charge in [0.05, 0.1) is 0 Å². The minimum Gasteiger partial charge on any atom is -0.396 e. The molecule has 0 saturated heterocycles. The van der Waals surface area contributed by atoms with Crippen molar-refractivity contribution in [1.82, 2.24) is 0 Å². The van der Waals surface area contributed by atoms with Gasteiger partial charge < -0.3 is 5.11 Å². The fourth-order valence-corrected chi connectivity index (χ4v) is 4.29. The molecule has 1 aliphatic rings. The lowest BCUT2D eigenvalue weighted by atomic mass is 9.80. The Hall–Kier alpha value is -1.86. The fraction of sp³-hybridized carbons (Fsp3) is 0.364. The number of rotatable bonds is 3. The summed E-state index contributed by atoms with van der Waals surface area (Å²) in [7, 11) is 0. The van der Waals surface area contributed by atoms with E-state index in [9.17, 15) is 5.11 Å². The van der Waals surface area contributed by atoms with Gasteiger partial charge >= 0.3 is 0 Å². The second-order valence-electron chi connectivity index (χ2n) is 6.93. The molecule has 1 N–H and O–H groups in total. The molecule has 0 aromatic heterocycles. The van der Waals surface area contributed by atoms with Crippen LogP contribution >= 0.6 is 0 Å². The van der Waals surface area contributed by atoms with E-state index in [1.807, 2.05) is 0 Å². The molecule has 0 amide bonds. The quantitative estimate of drug-likeness (QED) is 0.646. The van der Waals surface area contributed by atoms with Crippen LogP contribution in [0.4, 0.5) is 0 Å². The summed E-state index contributed by atoms with van der Waals surface area (Å²) in [5.41, 5.74) is 4.50. The van der Waals surface area contributed by atoms with Crippen molar-refractivity contribution in [3.05, 3.63) is 59.2 Å². The fourth-order valence-electron chi connectivity index (χ4n) is 4.29. The molecule has 1 atom stereocenters. The summed E-state index contributed by atoms with van der Waals surface area (Å²) in [4.78, 5) is 0. The second kappa shape index (κ2) is 5.98. The summed E-state index contributed by atoms with van der Waals surface area (Å²) in [6.07, 6.45) is 5.59. The molecule has 0 saturated carbocycles. The first-order valence-electron chi connectivity index (χ1n) is 8.86. The summed E-state index contributed by atoms with van der Waals surface area (Å²) in [5.74, 6) is 0.676. The first-order chi connectivity index (χ1) is 11.3. The van der Waals surface area contributed by atoms with Gasteiger partial charge in [0, 0.05) is 6.61 Å². The van der Waals surface area contributed by atoms with Crippen molar-refractivity contribution in [2.24, 2.45) is 0 Å². The highest BCUT2D eigenvalue weighted by molar-refractivity contribution is 6.10. The molecule has 3 aromatic carbocycles. The van der Waals surface area contributed by atoms with Crippen LogP contribution in [0.5, 0.6) is 0 Å². The molecule has 1 nitrogen and oxygen atoms in total. The lowest BCUT2D eigenvalue weighted by Gasteiger charge is -2.25. The van der Waals surface area contributed by atoms with Gasteiger partial charge in [0.15, 0.2) is 0 Å². The van der Waals surface area contributed by atoms with E-state index in [1.165, 1.54) is 46.4 Å². The summed E-state index contributed by atoms with van der Waals surface area (Å²) < 4.78 is 0. The highest BCUT2D eigenvalue weighted by Crippen LogP contribution is 2.39. The highest BCUT2D eigenvalue weighted by atomic mass is 16.2. The number of benzene rings is 3. The predicted molar refractivity (Wildman–Crippen MR) is 98.2 cm³/mol. The zero-order valence-corrected chi connectivity index (χ0v) is 13.8. The molecule has 3 aromatic rings. The predicted octanol–water partition coefficient (Wildman–Crippen LogP) is 5.36. The molecule has 118 valence electrons. The molecule has 0 heterocycles. The van der Waals surface area contributed by atoms with Crippen LogP contribution in [0.1, 0.15) is 48.8 Å². The maximum atomic E-state index is 9.24. The summed E-state index contributed by atoms with van der Waals surface area (Å²) in [6, 6.07) is 15.8. The second-order valence-corrected chi connectivity index (χ2v) is 6.93. The molecule has 0 spiro atoms. The highest BCUT2D eigenvalue weighted by Gasteiger charge is 2.19. The summed E-state index contributed by atoms with van der Waals surface area (Å²) in [6.45, 7) is 2.62. The molecule has 4 rings (SSSR count). The SMILES string of the molecule is CC1CCCc2c1ccc1c2cc(CCCO)c2ccccc21. The van der Waals surface area contributed by atoms with E-state index < -0.39 is 0 Å². The van der Waals surface area contributed by atoms with Crippen LogP contribution in [-0.4, -0.2) is 11.7 Å². The summed E-state index contributed by atoms with van der Waals surface area (Å²) in [5, 5.41) is 14.8. The number of hydrogen-bond acceptors (Lipinski definition) is 1. The van der Waals surface area contributed by atoms with Crippen molar-refractivity contribution in [2.45, 2.75) is 44.9 Å². The van der Waals surface area contributed by atoms with Gasteiger partial charge in [-0.3, -0.25) is 0 Å². The Morgan fingerprint density at radius 2 is 1.78 bits per heavy atom. The first kappa shape index (κ1) is 14.7. The molecule has 1 unspecified atom stereocenters. The average molecular weight is 304 g/mol. The number of hydrogen-bond donors (Lipinski definition) is 1. The molecule has 0 fully saturated rings. The Balaban J connectivity index is 2.04. The third-order valence-electron chi connectivity index (χ3n) is 5.47. The lowest BCUT2D eigenvalue weighted by molar-refractivity contribution is 0.289. The maximum Gasteiger partial charge on any atom is 0.0434 e.